The molecule has 2 aromatic carbocycles. The van der Waals surface area contributed by atoms with Crippen molar-refractivity contribution < 1.29 is 9.59 Å². The van der Waals surface area contributed by atoms with Crippen LogP contribution in [0.3, 0.4) is 0 Å². The number of aromatic nitrogens is 3. The van der Waals surface area contributed by atoms with Crippen LogP contribution in [0.25, 0.3) is 5.69 Å². The van der Waals surface area contributed by atoms with Crippen LogP contribution >= 0.6 is 23.2 Å². The molecule has 0 aliphatic heterocycles. The first-order chi connectivity index (χ1) is 13.4. The smallest absolute Gasteiger partial charge is 0.226 e. The highest BCUT2D eigenvalue weighted by Gasteiger charge is 2.18. The standard InChI is InChI=1S/C19H17Cl2N5O2/c1-12(27)24-16(13-2-4-14(20)5-3-13)9-19(28)25-17-8-15(21)6-7-18(17)26-11-22-10-23-26/h2-8,10-11,16H,9H2,1H3,(H,24,27)(H,25,28). The topological polar surface area (TPSA) is 88.9 Å². The molecule has 0 saturated carbocycles. The Morgan fingerprint density at radius 2 is 1.82 bits per heavy atom. The van der Waals surface area contributed by atoms with E-state index in [1.165, 1.54) is 24.3 Å². The van der Waals surface area contributed by atoms with E-state index in [1.54, 1.807) is 42.5 Å². The second kappa shape index (κ2) is 8.86. The average molecular weight is 418 g/mol. The van der Waals surface area contributed by atoms with Crippen LogP contribution in [0.1, 0.15) is 24.9 Å². The first kappa shape index (κ1) is 19.9. The summed E-state index contributed by atoms with van der Waals surface area (Å²) in [6.07, 6.45) is 2.95. The molecule has 1 unspecified atom stereocenters. The van der Waals surface area contributed by atoms with Gasteiger partial charge in [0.05, 0.1) is 23.8 Å². The second-order valence-corrected chi connectivity index (χ2v) is 6.93. The monoisotopic (exact) mass is 417 g/mol. The number of nitrogens with one attached hydrogen (secondary N) is 2. The third kappa shape index (κ3) is 5.09. The van der Waals surface area contributed by atoms with Gasteiger partial charge >= 0.3 is 0 Å². The highest BCUT2D eigenvalue weighted by atomic mass is 35.5. The second-order valence-electron chi connectivity index (χ2n) is 6.06. The molecule has 0 aliphatic carbocycles. The minimum Gasteiger partial charge on any atom is -0.349 e. The predicted octanol–water partition coefficient (Wildman–Crippen LogP) is 3.78. The van der Waals surface area contributed by atoms with E-state index in [0.717, 1.165) is 5.56 Å². The molecule has 1 heterocycles. The first-order valence-corrected chi connectivity index (χ1v) is 9.15. The fourth-order valence-electron chi connectivity index (χ4n) is 2.72. The van der Waals surface area contributed by atoms with Crippen LogP contribution in [0.4, 0.5) is 5.69 Å². The van der Waals surface area contributed by atoms with E-state index in [1.807, 2.05) is 0 Å². The van der Waals surface area contributed by atoms with E-state index in [2.05, 4.69) is 20.7 Å². The Labute approximate surface area is 171 Å². The Balaban J connectivity index is 1.81. The van der Waals surface area contributed by atoms with Crippen molar-refractivity contribution in [2.24, 2.45) is 0 Å². The van der Waals surface area contributed by atoms with E-state index in [-0.39, 0.29) is 18.2 Å². The molecule has 3 aromatic rings. The molecule has 0 aliphatic rings. The minimum absolute atomic E-state index is 0.0323. The molecule has 1 atom stereocenters. The van der Waals surface area contributed by atoms with Crippen molar-refractivity contribution in [3.63, 3.8) is 0 Å². The van der Waals surface area contributed by atoms with Crippen LogP contribution in [0.15, 0.2) is 55.1 Å². The number of amides is 2. The summed E-state index contributed by atoms with van der Waals surface area (Å²) in [6.45, 7) is 1.40. The Hall–Kier alpha value is -2.90. The molecule has 9 heteroatoms. The van der Waals surface area contributed by atoms with E-state index < -0.39 is 6.04 Å². The lowest BCUT2D eigenvalue weighted by molar-refractivity contribution is -0.120. The van der Waals surface area contributed by atoms with Crippen molar-refractivity contribution >= 4 is 40.7 Å². The molecule has 28 heavy (non-hydrogen) atoms. The van der Waals surface area contributed by atoms with Crippen LogP contribution in [-0.2, 0) is 9.59 Å². The molecule has 0 saturated heterocycles. The van der Waals surface area contributed by atoms with Gasteiger partial charge in [0.15, 0.2) is 0 Å². The van der Waals surface area contributed by atoms with Crippen molar-refractivity contribution in [2.45, 2.75) is 19.4 Å². The van der Waals surface area contributed by atoms with Gasteiger partial charge < -0.3 is 10.6 Å². The maximum absolute atomic E-state index is 12.7. The van der Waals surface area contributed by atoms with Gasteiger partial charge in [-0.1, -0.05) is 35.3 Å². The first-order valence-electron chi connectivity index (χ1n) is 8.39. The lowest BCUT2D eigenvalue weighted by Crippen LogP contribution is -2.30. The van der Waals surface area contributed by atoms with Crippen molar-refractivity contribution in [1.82, 2.24) is 20.1 Å². The highest BCUT2D eigenvalue weighted by molar-refractivity contribution is 6.31. The molecule has 0 bridgehead atoms. The number of rotatable bonds is 6. The van der Waals surface area contributed by atoms with E-state index in [0.29, 0.717) is 21.4 Å². The van der Waals surface area contributed by atoms with Crippen LogP contribution in [-0.4, -0.2) is 26.6 Å². The average Bonchev–Trinajstić information content (AvgIpc) is 3.16. The molecule has 3 rings (SSSR count). The lowest BCUT2D eigenvalue weighted by atomic mass is 10.0. The molecule has 0 radical (unpaired) electrons. The molecule has 2 amide bonds. The van der Waals surface area contributed by atoms with Gasteiger partial charge in [0.1, 0.15) is 12.7 Å². The normalized spacial score (nSPS) is 11.7. The largest absolute Gasteiger partial charge is 0.349 e. The van der Waals surface area contributed by atoms with Crippen LogP contribution < -0.4 is 10.6 Å². The van der Waals surface area contributed by atoms with Crippen LogP contribution in [0.5, 0.6) is 0 Å². The summed E-state index contributed by atoms with van der Waals surface area (Å²) in [6, 6.07) is 11.5. The minimum atomic E-state index is -0.497. The molecular weight excluding hydrogens is 401 g/mol. The summed E-state index contributed by atoms with van der Waals surface area (Å²) in [7, 11) is 0. The van der Waals surface area contributed by atoms with Crippen molar-refractivity contribution in [1.29, 1.82) is 0 Å². The van der Waals surface area contributed by atoms with Gasteiger partial charge in [-0.25, -0.2) is 9.67 Å². The number of nitrogens with zero attached hydrogens (tertiary/aromatic N) is 3. The molecule has 0 spiro atoms. The summed E-state index contributed by atoms with van der Waals surface area (Å²) < 4.78 is 1.52. The summed E-state index contributed by atoms with van der Waals surface area (Å²) in [5.74, 6) is -0.531. The van der Waals surface area contributed by atoms with Crippen molar-refractivity contribution in [3.05, 3.63) is 70.7 Å². The zero-order valence-corrected chi connectivity index (χ0v) is 16.4. The third-order valence-corrected chi connectivity index (χ3v) is 4.42. The maximum Gasteiger partial charge on any atom is 0.226 e. The van der Waals surface area contributed by atoms with Gasteiger partial charge in [0.25, 0.3) is 0 Å². The molecule has 1 aromatic heterocycles. The summed E-state index contributed by atoms with van der Waals surface area (Å²) in [5.41, 5.74) is 1.89. The summed E-state index contributed by atoms with van der Waals surface area (Å²) >= 11 is 12.0. The molecular formula is C19H17Cl2N5O2. The number of carbonyl (C=O) groups excluding carboxylic acids is 2. The number of halogens is 2. The van der Waals surface area contributed by atoms with Crippen LogP contribution in [0.2, 0.25) is 10.0 Å². The molecule has 2 N–H and O–H groups in total. The fourth-order valence-corrected chi connectivity index (χ4v) is 3.02. The third-order valence-electron chi connectivity index (χ3n) is 3.94. The van der Waals surface area contributed by atoms with Crippen molar-refractivity contribution in [3.8, 4) is 5.69 Å². The van der Waals surface area contributed by atoms with Gasteiger partial charge in [-0.2, -0.15) is 5.10 Å². The lowest BCUT2D eigenvalue weighted by Gasteiger charge is -2.19. The van der Waals surface area contributed by atoms with Crippen molar-refractivity contribution in [2.75, 3.05) is 5.32 Å². The zero-order chi connectivity index (χ0) is 20.1. The molecule has 144 valence electrons. The van der Waals surface area contributed by atoms with E-state index >= 15 is 0 Å². The number of hydrogen-bond acceptors (Lipinski definition) is 4. The number of carbonyl (C=O) groups is 2. The van der Waals surface area contributed by atoms with E-state index in [4.69, 9.17) is 23.2 Å². The zero-order valence-electron chi connectivity index (χ0n) is 14.9. The summed E-state index contributed by atoms with van der Waals surface area (Å²) in [5, 5.41) is 10.7. The van der Waals surface area contributed by atoms with E-state index in [9.17, 15) is 9.59 Å². The SMILES string of the molecule is CC(=O)NC(CC(=O)Nc1cc(Cl)ccc1-n1cncn1)c1ccc(Cl)cc1. The van der Waals surface area contributed by atoms with Crippen LogP contribution in [0, 0.1) is 0 Å². The quantitative estimate of drug-likeness (QED) is 0.638. The molecule has 0 fully saturated rings. The Bertz CT molecular complexity index is 974. The number of benzene rings is 2. The maximum atomic E-state index is 12.7. The van der Waals surface area contributed by atoms with Gasteiger partial charge in [-0.05, 0) is 35.9 Å². The van der Waals surface area contributed by atoms with Gasteiger partial charge in [-0.3, -0.25) is 9.59 Å². The predicted molar refractivity (Wildman–Crippen MR) is 108 cm³/mol. The number of hydrogen-bond donors (Lipinski definition) is 2. The Morgan fingerprint density at radius 3 is 2.46 bits per heavy atom. The highest BCUT2D eigenvalue weighted by Crippen LogP contribution is 2.25. The van der Waals surface area contributed by atoms with Gasteiger partial charge in [-0.15, -0.1) is 0 Å². The van der Waals surface area contributed by atoms with Gasteiger partial charge in [0.2, 0.25) is 11.8 Å². The fraction of sp³-hybridized carbons (Fsp3) is 0.158. The summed E-state index contributed by atoms with van der Waals surface area (Å²) in [4.78, 5) is 28.2. The Kier molecular flexibility index (Phi) is 6.28. The number of anilines is 1. The Morgan fingerprint density at radius 1 is 1.11 bits per heavy atom. The molecule has 7 nitrogen and oxygen atoms in total. The van der Waals surface area contributed by atoms with Gasteiger partial charge in [0, 0.05) is 17.0 Å².